The molecule has 1 aromatic heterocycles. The molecule has 0 amide bonds. The molecular weight excluding hydrogens is 408 g/mol. The van der Waals surface area contributed by atoms with Crippen LogP contribution < -0.4 is 10.6 Å². The third-order valence-electron chi connectivity index (χ3n) is 5.20. The topological polar surface area (TPSA) is 72.6 Å². The molecule has 2 heterocycles. The van der Waals surface area contributed by atoms with E-state index in [1.54, 1.807) is 19.1 Å². The van der Waals surface area contributed by atoms with Crippen LogP contribution in [-0.2, 0) is 14.3 Å². The predicted octanol–water partition coefficient (Wildman–Crippen LogP) is 4.75. The van der Waals surface area contributed by atoms with Gasteiger partial charge in [0.25, 0.3) is 0 Å². The SMILES string of the molecule is CCOC(=O)C1=C(N)N(c2ccc(Cl)cc2)C2=C(C(=O)CCC2)C1c1cccs1. The number of allylic oxidation sites excluding steroid dienone is 2. The number of carbonyl (C=O) groups excluding carboxylic acids is 2. The van der Waals surface area contributed by atoms with E-state index < -0.39 is 11.9 Å². The lowest BCUT2D eigenvalue weighted by molar-refractivity contribution is -0.138. The molecule has 1 unspecified atom stereocenters. The zero-order valence-corrected chi connectivity index (χ0v) is 17.6. The van der Waals surface area contributed by atoms with E-state index in [2.05, 4.69) is 0 Å². The highest BCUT2D eigenvalue weighted by molar-refractivity contribution is 7.10. The fraction of sp³-hybridized carbons (Fsp3) is 0.273. The molecule has 0 fully saturated rings. The molecule has 1 atom stereocenters. The Morgan fingerprint density at radius 1 is 1.28 bits per heavy atom. The van der Waals surface area contributed by atoms with Crippen molar-refractivity contribution in [3.05, 3.63) is 74.3 Å². The molecule has 1 aliphatic carbocycles. The van der Waals surface area contributed by atoms with Crippen molar-refractivity contribution in [2.75, 3.05) is 11.5 Å². The summed E-state index contributed by atoms with van der Waals surface area (Å²) in [5, 5.41) is 2.54. The first-order valence-electron chi connectivity index (χ1n) is 9.55. The lowest BCUT2D eigenvalue weighted by Crippen LogP contribution is -2.40. The quantitative estimate of drug-likeness (QED) is 0.711. The third kappa shape index (κ3) is 3.47. The summed E-state index contributed by atoms with van der Waals surface area (Å²) in [7, 11) is 0. The van der Waals surface area contributed by atoms with Gasteiger partial charge in [-0.05, 0) is 55.5 Å². The number of carbonyl (C=O) groups is 2. The normalized spacial score (nSPS) is 19.4. The minimum atomic E-state index is -0.500. The number of hydrogen-bond acceptors (Lipinski definition) is 6. The van der Waals surface area contributed by atoms with Gasteiger partial charge in [-0.1, -0.05) is 17.7 Å². The molecule has 29 heavy (non-hydrogen) atoms. The van der Waals surface area contributed by atoms with Crippen LogP contribution in [0.2, 0.25) is 5.02 Å². The number of rotatable bonds is 4. The summed E-state index contributed by atoms with van der Waals surface area (Å²) in [6, 6.07) is 11.1. The van der Waals surface area contributed by atoms with Crippen molar-refractivity contribution in [3.8, 4) is 0 Å². The number of nitrogens with two attached hydrogens (primary N) is 1. The summed E-state index contributed by atoms with van der Waals surface area (Å²) in [5.74, 6) is -0.636. The minimum Gasteiger partial charge on any atom is -0.463 e. The Bertz CT molecular complexity index is 1010. The van der Waals surface area contributed by atoms with E-state index in [-0.39, 0.29) is 12.4 Å². The fourth-order valence-corrected chi connectivity index (χ4v) is 4.99. The van der Waals surface area contributed by atoms with Crippen molar-refractivity contribution in [3.63, 3.8) is 0 Å². The van der Waals surface area contributed by atoms with Gasteiger partial charge >= 0.3 is 5.97 Å². The number of esters is 1. The second kappa shape index (κ2) is 8.05. The minimum absolute atomic E-state index is 0.0536. The molecule has 0 saturated carbocycles. The molecule has 0 radical (unpaired) electrons. The number of Topliss-reactive ketones (excluding diaryl/α,β-unsaturated/α-hetero) is 1. The molecule has 0 saturated heterocycles. The van der Waals surface area contributed by atoms with E-state index in [1.165, 1.54) is 11.3 Å². The average Bonchev–Trinajstić information content (AvgIpc) is 3.23. The number of ketones is 1. The Hall–Kier alpha value is -2.57. The number of halogens is 1. The number of thiophene rings is 1. The number of nitrogens with zero attached hydrogens (tertiary/aromatic N) is 1. The lowest BCUT2D eigenvalue weighted by Gasteiger charge is -2.40. The van der Waals surface area contributed by atoms with Crippen molar-refractivity contribution in [2.24, 2.45) is 5.73 Å². The highest BCUT2D eigenvalue weighted by Gasteiger charge is 2.43. The highest BCUT2D eigenvalue weighted by Crippen LogP contribution is 2.47. The molecule has 7 heteroatoms. The molecule has 1 aromatic carbocycles. The van der Waals surface area contributed by atoms with Crippen LogP contribution in [0.4, 0.5) is 5.69 Å². The van der Waals surface area contributed by atoms with E-state index in [0.717, 1.165) is 22.7 Å². The maximum atomic E-state index is 13.1. The van der Waals surface area contributed by atoms with Gasteiger partial charge in [-0.3, -0.25) is 9.69 Å². The van der Waals surface area contributed by atoms with E-state index in [4.69, 9.17) is 22.1 Å². The summed E-state index contributed by atoms with van der Waals surface area (Å²) < 4.78 is 5.34. The van der Waals surface area contributed by atoms with Gasteiger partial charge < -0.3 is 10.5 Å². The van der Waals surface area contributed by atoms with Crippen LogP contribution in [0.25, 0.3) is 0 Å². The second-order valence-electron chi connectivity index (χ2n) is 6.92. The summed E-state index contributed by atoms with van der Waals surface area (Å²) in [5.41, 5.74) is 9.19. The number of anilines is 1. The summed E-state index contributed by atoms with van der Waals surface area (Å²) >= 11 is 7.57. The van der Waals surface area contributed by atoms with Gasteiger partial charge in [-0.15, -0.1) is 11.3 Å². The van der Waals surface area contributed by atoms with Crippen LogP contribution in [0.5, 0.6) is 0 Å². The summed E-state index contributed by atoms with van der Waals surface area (Å²) in [4.78, 5) is 28.8. The van der Waals surface area contributed by atoms with Gasteiger partial charge in [0.05, 0.1) is 18.1 Å². The molecule has 0 spiro atoms. The molecule has 1 aliphatic heterocycles. The molecule has 4 rings (SSSR count). The lowest BCUT2D eigenvalue weighted by atomic mass is 9.77. The van der Waals surface area contributed by atoms with Crippen molar-refractivity contribution < 1.29 is 14.3 Å². The van der Waals surface area contributed by atoms with Crippen molar-refractivity contribution >= 4 is 40.4 Å². The van der Waals surface area contributed by atoms with Crippen molar-refractivity contribution in [2.45, 2.75) is 32.1 Å². The van der Waals surface area contributed by atoms with Crippen molar-refractivity contribution in [1.82, 2.24) is 0 Å². The molecule has 150 valence electrons. The monoisotopic (exact) mass is 428 g/mol. The van der Waals surface area contributed by atoms with Crippen LogP contribution in [0.1, 0.15) is 37.0 Å². The molecule has 2 aromatic rings. The molecule has 0 bridgehead atoms. The van der Waals surface area contributed by atoms with Crippen LogP contribution in [0.15, 0.2) is 64.4 Å². The Kier molecular flexibility index (Phi) is 5.48. The molecular formula is C22H21ClN2O3S. The van der Waals surface area contributed by atoms with Gasteiger partial charge in [0.1, 0.15) is 5.82 Å². The van der Waals surface area contributed by atoms with Crippen LogP contribution in [-0.4, -0.2) is 18.4 Å². The van der Waals surface area contributed by atoms with E-state index in [1.807, 2.05) is 34.5 Å². The average molecular weight is 429 g/mol. The Labute approximate surface area is 178 Å². The fourth-order valence-electron chi connectivity index (χ4n) is 4.02. The molecule has 2 N–H and O–H groups in total. The van der Waals surface area contributed by atoms with Crippen LogP contribution >= 0.6 is 22.9 Å². The number of ether oxygens (including phenoxy) is 1. The van der Waals surface area contributed by atoms with Crippen LogP contribution in [0, 0.1) is 0 Å². The van der Waals surface area contributed by atoms with E-state index >= 15 is 0 Å². The first-order valence-corrected chi connectivity index (χ1v) is 10.8. The van der Waals surface area contributed by atoms with E-state index in [9.17, 15) is 9.59 Å². The third-order valence-corrected chi connectivity index (χ3v) is 6.39. The molecule has 5 nitrogen and oxygen atoms in total. The van der Waals surface area contributed by atoms with Gasteiger partial charge in [0.2, 0.25) is 0 Å². The van der Waals surface area contributed by atoms with Crippen LogP contribution in [0.3, 0.4) is 0 Å². The predicted molar refractivity (Wildman–Crippen MR) is 115 cm³/mol. The zero-order chi connectivity index (χ0) is 20.5. The van der Waals surface area contributed by atoms with Gasteiger partial charge in [0, 0.05) is 33.3 Å². The second-order valence-corrected chi connectivity index (χ2v) is 8.33. The van der Waals surface area contributed by atoms with E-state index in [0.29, 0.717) is 34.8 Å². The largest absolute Gasteiger partial charge is 0.463 e. The highest BCUT2D eigenvalue weighted by atomic mass is 35.5. The first-order chi connectivity index (χ1) is 14.0. The maximum Gasteiger partial charge on any atom is 0.338 e. The Balaban J connectivity index is 1.97. The summed E-state index contributed by atoms with van der Waals surface area (Å²) in [6.45, 7) is 1.98. The van der Waals surface area contributed by atoms with Gasteiger partial charge in [-0.2, -0.15) is 0 Å². The maximum absolute atomic E-state index is 13.1. The zero-order valence-electron chi connectivity index (χ0n) is 16.0. The Morgan fingerprint density at radius 2 is 2.03 bits per heavy atom. The summed E-state index contributed by atoms with van der Waals surface area (Å²) in [6.07, 6.45) is 1.93. The molecule has 2 aliphatic rings. The Morgan fingerprint density at radius 3 is 2.69 bits per heavy atom. The number of benzene rings is 1. The smallest absolute Gasteiger partial charge is 0.338 e. The first kappa shape index (κ1) is 19.7. The van der Waals surface area contributed by atoms with Gasteiger partial charge in [0.15, 0.2) is 5.78 Å². The van der Waals surface area contributed by atoms with Gasteiger partial charge in [-0.25, -0.2) is 4.79 Å². The standard InChI is InChI=1S/C22H21ClN2O3S/c1-2-28-22(27)20-19(17-7-4-12-29-17)18-15(5-3-6-16(18)26)25(21(20)24)14-10-8-13(23)9-11-14/h4,7-12,19H,2-3,5-6,24H2,1H3. The van der Waals surface area contributed by atoms with Crippen molar-refractivity contribution in [1.29, 1.82) is 0 Å². The number of hydrogen-bond donors (Lipinski definition) is 1.